The standard InChI is InChI=1S/C22H22F3N3O2/c1-3-14(2)15-7-9-18(10-8-15)26-19(29)11-12-20-27-28-21(30-20)16-5-4-6-17(13-16)22(23,24)25/h4-10,13-14H,3,11-12H2,1-2H3,(H,26,29). The van der Waals surface area contributed by atoms with Crippen molar-refractivity contribution < 1.29 is 22.4 Å². The number of anilines is 1. The van der Waals surface area contributed by atoms with Crippen LogP contribution in [0.15, 0.2) is 52.9 Å². The average molecular weight is 417 g/mol. The molecule has 0 fully saturated rings. The Hall–Kier alpha value is -3.16. The van der Waals surface area contributed by atoms with Crippen LogP contribution >= 0.6 is 0 Å². The van der Waals surface area contributed by atoms with Crippen LogP contribution in [0.1, 0.15) is 49.6 Å². The molecule has 1 heterocycles. The largest absolute Gasteiger partial charge is 0.421 e. The van der Waals surface area contributed by atoms with Crippen molar-refractivity contribution in [3.63, 3.8) is 0 Å². The fourth-order valence-electron chi connectivity index (χ4n) is 2.87. The van der Waals surface area contributed by atoms with Crippen LogP contribution in [0.5, 0.6) is 0 Å². The van der Waals surface area contributed by atoms with Gasteiger partial charge in [-0.2, -0.15) is 13.2 Å². The molecule has 0 aliphatic carbocycles. The number of alkyl halides is 3. The molecule has 0 spiro atoms. The molecule has 0 saturated carbocycles. The highest BCUT2D eigenvalue weighted by Gasteiger charge is 2.30. The third-order valence-electron chi connectivity index (χ3n) is 4.85. The Kier molecular flexibility index (Phi) is 6.54. The predicted molar refractivity (Wildman–Crippen MR) is 107 cm³/mol. The summed E-state index contributed by atoms with van der Waals surface area (Å²) in [5.74, 6) is 0.408. The maximum Gasteiger partial charge on any atom is 0.416 e. The topological polar surface area (TPSA) is 68.0 Å². The van der Waals surface area contributed by atoms with Gasteiger partial charge in [0.25, 0.3) is 0 Å². The monoisotopic (exact) mass is 417 g/mol. The number of carbonyl (C=O) groups excluding carboxylic acids is 1. The van der Waals surface area contributed by atoms with Gasteiger partial charge in [-0.15, -0.1) is 10.2 Å². The third kappa shape index (κ3) is 5.46. The molecule has 158 valence electrons. The Balaban J connectivity index is 1.57. The van der Waals surface area contributed by atoms with Crippen molar-refractivity contribution >= 4 is 11.6 Å². The lowest BCUT2D eigenvalue weighted by atomic mass is 9.99. The van der Waals surface area contributed by atoms with Gasteiger partial charge in [0.05, 0.1) is 5.56 Å². The SMILES string of the molecule is CCC(C)c1ccc(NC(=O)CCc2nnc(-c3cccc(C(F)(F)F)c3)o2)cc1. The van der Waals surface area contributed by atoms with Gasteiger partial charge in [0.1, 0.15) is 0 Å². The lowest BCUT2D eigenvalue weighted by molar-refractivity contribution is -0.137. The van der Waals surface area contributed by atoms with Crippen LogP contribution in [0, 0.1) is 0 Å². The summed E-state index contributed by atoms with van der Waals surface area (Å²) in [5, 5.41) is 10.4. The minimum absolute atomic E-state index is 0.0165. The van der Waals surface area contributed by atoms with Crippen molar-refractivity contribution in [2.45, 2.75) is 45.2 Å². The van der Waals surface area contributed by atoms with E-state index in [0.29, 0.717) is 11.6 Å². The minimum Gasteiger partial charge on any atom is -0.421 e. The summed E-state index contributed by atoms with van der Waals surface area (Å²) < 4.78 is 44.0. The fraction of sp³-hybridized carbons (Fsp3) is 0.318. The number of aryl methyl sites for hydroxylation is 1. The highest BCUT2D eigenvalue weighted by Crippen LogP contribution is 2.31. The highest BCUT2D eigenvalue weighted by molar-refractivity contribution is 5.90. The molecule has 0 saturated heterocycles. The van der Waals surface area contributed by atoms with Gasteiger partial charge < -0.3 is 9.73 Å². The van der Waals surface area contributed by atoms with Gasteiger partial charge in [-0.3, -0.25) is 4.79 Å². The third-order valence-corrected chi connectivity index (χ3v) is 4.85. The van der Waals surface area contributed by atoms with Crippen molar-refractivity contribution in [2.75, 3.05) is 5.32 Å². The van der Waals surface area contributed by atoms with Gasteiger partial charge in [-0.05, 0) is 48.2 Å². The molecule has 30 heavy (non-hydrogen) atoms. The van der Waals surface area contributed by atoms with Crippen molar-refractivity contribution in [1.29, 1.82) is 0 Å². The van der Waals surface area contributed by atoms with Crippen LogP contribution in [0.3, 0.4) is 0 Å². The van der Waals surface area contributed by atoms with Gasteiger partial charge in [0, 0.05) is 24.1 Å². The molecule has 3 rings (SSSR count). The summed E-state index contributed by atoms with van der Waals surface area (Å²) in [7, 11) is 0. The smallest absolute Gasteiger partial charge is 0.416 e. The summed E-state index contributed by atoms with van der Waals surface area (Å²) in [6.07, 6.45) is -3.12. The number of benzene rings is 2. The molecule has 1 unspecified atom stereocenters. The van der Waals surface area contributed by atoms with E-state index in [1.165, 1.54) is 17.7 Å². The maximum atomic E-state index is 12.8. The number of nitrogens with one attached hydrogen (secondary N) is 1. The minimum atomic E-state index is -4.45. The normalized spacial score (nSPS) is 12.6. The number of halogens is 3. The van der Waals surface area contributed by atoms with Crippen LogP contribution in [0.2, 0.25) is 0 Å². The van der Waals surface area contributed by atoms with E-state index >= 15 is 0 Å². The van der Waals surface area contributed by atoms with Crippen molar-refractivity contribution in [3.05, 3.63) is 65.5 Å². The molecule has 0 bridgehead atoms. The first-order chi connectivity index (χ1) is 14.3. The number of hydrogen-bond donors (Lipinski definition) is 1. The van der Waals surface area contributed by atoms with Crippen LogP contribution < -0.4 is 5.32 Å². The first-order valence-corrected chi connectivity index (χ1v) is 9.66. The highest BCUT2D eigenvalue weighted by atomic mass is 19.4. The molecule has 8 heteroatoms. The van der Waals surface area contributed by atoms with E-state index in [1.807, 2.05) is 24.3 Å². The molecular weight excluding hydrogens is 395 g/mol. The Morgan fingerprint density at radius 3 is 2.53 bits per heavy atom. The van der Waals surface area contributed by atoms with Gasteiger partial charge in [0.15, 0.2) is 0 Å². The van der Waals surface area contributed by atoms with E-state index in [1.54, 1.807) is 0 Å². The summed E-state index contributed by atoms with van der Waals surface area (Å²) in [6.45, 7) is 4.27. The number of amides is 1. The molecule has 3 aromatic rings. The second-order valence-electron chi connectivity index (χ2n) is 7.06. The fourth-order valence-corrected chi connectivity index (χ4v) is 2.87. The van der Waals surface area contributed by atoms with Gasteiger partial charge in [-0.1, -0.05) is 32.0 Å². The zero-order chi connectivity index (χ0) is 21.7. The number of rotatable bonds is 7. The zero-order valence-corrected chi connectivity index (χ0v) is 16.7. The van der Waals surface area contributed by atoms with Crippen molar-refractivity contribution in [2.24, 2.45) is 0 Å². The van der Waals surface area contributed by atoms with Crippen LogP contribution in [0.25, 0.3) is 11.5 Å². The molecule has 0 aliphatic rings. The molecule has 1 amide bonds. The molecule has 1 N–H and O–H groups in total. The quantitative estimate of drug-likeness (QED) is 0.524. The maximum absolute atomic E-state index is 12.8. The second-order valence-corrected chi connectivity index (χ2v) is 7.06. The average Bonchev–Trinajstić information content (AvgIpc) is 3.21. The first kappa shape index (κ1) is 21.5. The predicted octanol–water partition coefficient (Wildman–Crippen LogP) is 5.84. The summed E-state index contributed by atoms with van der Waals surface area (Å²) in [4.78, 5) is 12.2. The Morgan fingerprint density at radius 2 is 1.87 bits per heavy atom. The van der Waals surface area contributed by atoms with Crippen molar-refractivity contribution in [3.8, 4) is 11.5 Å². The summed E-state index contributed by atoms with van der Waals surface area (Å²) in [6, 6.07) is 12.4. The van der Waals surface area contributed by atoms with E-state index in [0.717, 1.165) is 18.6 Å². The van der Waals surface area contributed by atoms with E-state index < -0.39 is 11.7 Å². The number of nitrogens with zero attached hydrogens (tertiary/aromatic N) is 2. The Labute approximate surface area is 172 Å². The van der Waals surface area contributed by atoms with Crippen molar-refractivity contribution in [1.82, 2.24) is 10.2 Å². The van der Waals surface area contributed by atoms with Gasteiger partial charge in [0.2, 0.25) is 17.7 Å². The Bertz CT molecular complexity index is 997. The lowest BCUT2D eigenvalue weighted by Crippen LogP contribution is -2.12. The molecule has 2 aromatic carbocycles. The summed E-state index contributed by atoms with van der Waals surface area (Å²) in [5.41, 5.74) is 1.29. The molecule has 0 radical (unpaired) electrons. The van der Waals surface area contributed by atoms with Crippen LogP contribution in [0.4, 0.5) is 18.9 Å². The van der Waals surface area contributed by atoms with E-state index in [2.05, 4.69) is 29.4 Å². The van der Waals surface area contributed by atoms with Gasteiger partial charge in [-0.25, -0.2) is 0 Å². The second kappa shape index (κ2) is 9.11. The van der Waals surface area contributed by atoms with Crippen LogP contribution in [-0.4, -0.2) is 16.1 Å². The summed E-state index contributed by atoms with van der Waals surface area (Å²) >= 11 is 0. The number of carbonyl (C=O) groups is 1. The molecule has 0 aliphatic heterocycles. The lowest BCUT2D eigenvalue weighted by Gasteiger charge is -2.10. The molecule has 1 atom stereocenters. The number of hydrogen-bond acceptors (Lipinski definition) is 4. The Morgan fingerprint density at radius 1 is 1.13 bits per heavy atom. The molecular formula is C22H22F3N3O2. The van der Waals surface area contributed by atoms with Crippen LogP contribution in [-0.2, 0) is 17.4 Å². The zero-order valence-electron chi connectivity index (χ0n) is 16.7. The molecule has 5 nitrogen and oxygen atoms in total. The first-order valence-electron chi connectivity index (χ1n) is 9.66. The molecule has 1 aromatic heterocycles. The van der Waals surface area contributed by atoms with E-state index in [4.69, 9.17) is 4.42 Å². The van der Waals surface area contributed by atoms with E-state index in [-0.39, 0.29) is 36.1 Å². The van der Waals surface area contributed by atoms with Gasteiger partial charge >= 0.3 is 6.18 Å². The van der Waals surface area contributed by atoms with E-state index in [9.17, 15) is 18.0 Å². The number of aromatic nitrogens is 2.